The lowest BCUT2D eigenvalue weighted by atomic mass is 10.2. The van der Waals surface area contributed by atoms with Gasteiger partial charge in [0.2, 0.25) is 0 Å². The maximum atomic E-state index is 12.6. The van der Waals surface area contributed by atoms with Crippen LogP contribution in [0.3, 0.4) is 0 Å². The van der Waals surface area contributed by atoms with Crippen molar-refractivity contribution in [2.45, 2.75) is 13.1 Å². The SMILES string of the molecule is O=C(NCc1ccc([N+](=O)[O-])cc1)c1cccn(Cc2ccccc2)c1=O. The molecular formula is C20H17N3O4. The molecule has 1 amide bonds. The third-order valence-electron chi connectivity index (χ3n) is 4.06. The zero-order valence-corrected chi connectivity index (χ0v) is 14.4. The number of carbonyl (C=O) groups is 1. The lowest BCUT2D eigenvalue weighted by Gasteiger charge is -2.09. The molecule has 0 aliphatic carbocycles. The number of benzene rings is 2. The Bertz CT molecular complexity index is 1010. The van der Waals surface area contributed by atoms with Crippen LogP contribution in [-0.4, -0.2) is 15.4 Å². The van der Waals surface area contributed by atoms with Gasteiger partial charge in [-0.2, -0.15) is 0 Å². The maximum absolute atomic E-state index is 12.6. The van der Waals surface area contributed by atoms with Crippen molar-refractivity contribution in [2.24, 2.45) is 0 Å². The Balaban J connectivity index is 1.70. The summed E-state index contributed by atoms with van der Waals surface area (Å²) in [5, 5.41) is 13.3. The topological polar surface area (TPSA) is 94.2 Å². The largest absolute Gasteiger partial charge is 0.348 e. The summed E-state index contributed by atoms with van der Waals surface area (Å²) in [5.41, 5.74) is 1.33. The van der Waals surface area contributed by atoms with Crippen LogP contribution in [0.4, 0.5) is 5.69 Å². The molecule has 0 spiro atoms. The highest BCUT2D eigenvalue weighted by molar-refractivity contribution is 5.93. The van der Waals surface area contributed by atoms with Crippen LogP contribution < -0.4 is 10.9 Å². The van der Waals surface area contributed by atoms with E-state index >= 15 is 0 Å². The number of amides is 1. The van der Waals surface area contributed by atoms with E-state index in [1.165, 1.54) is 22.8 Å². The summed E-state index contributed by atoms with van der Waals surface area (Å²) in [6, 6.07) is 18.5. The molecule has 0 radical (unpaired) electrons. The standard InChI is InChI=1S/C20H17N3O4/c24-19(21-13-15-8-10-17(11-9-15)23(26)27)18-7-4-12-22(20(18)25)14-16-5-2-1-3-6-16/h1-12H,13-14H2,(H,21,24). The van der Waals surface area contributed by atoms with Gasteiger partial charge in [-0.15, -0.1) is 0 Å². The molecule has 0 saturated carbocycles. The van der Waals surface area contributed by atoms with E-state index in [0.29, 0.717) is 12.1 Å². The first-order valence-corrected chi connectivity index (χ1v) is 8.29. The zero-order valence-electron chi connectivity index (χ0n) is 14.4. The lowest BCUT2D eigenvalue weighted by Crippen LogP contribution is -2.32. The molecule has 0 saturated heterocycles. The van der Waals surface area contributed by atoms with Gasteiger partial charge in [-0.3, -0.25) is 19.7 Å². The molecule has 2 aromatic carbocycles. The van der Waals surface area contributed by atoms with E-state index in [4.69, 9.17) is 0 Å². The van der Waals surface area contributed by atoms with Gasteiger partial charge in [0.25, 0.3) is 17.2 Å². The number of nitro benzene ring substituents is 1. The molecule has 7 nitrogen and oxygen atoms in total. The van der Waals surface area contributed by atoms with Crippen molar-refractivity contribution < 1.29 is 9.72 Å². The molecule has 3 rings (SSSR count). The van der Waals surface area contributed by atoms with Gasteiger partial charge in [0.1, 0.15) is 5.56 Å². The number of nitrogens with one attached hydrogen (secondary N) is 1. The first-order chi connectivity index (χ1) is 13.0. The van der Waals surface area contributed by atoms with Crippen molar-refractivity contribution in [1.82, 2.24) is 9.88 Å². The van der Waals surface area contributed by atoms with E-state index in [1.54, 1.807) is 24.4 Å². The molecule has 3 aromatic rings. The molecule has 1 N–H and O–H groups in total. The number of nitro groups is 1. The van der Waals surface area contributed by atoms with Crippen LogP contribution in [-0.2, 0) is 13.1 Å². The fourth-order valence-corrected chi connectivity index (χ4v) is 2.63. The number of hydrogen-bond donors (Lipinski definition) is 1. The Hall–Kier alpha value is -3.74. The molecule has 0 bridgehead atoms. The predicted molar refractivity (Wildman–Crippen MR) is 101 cm³/mol. The Morgan fingerprint density at radius 1 is 0.963 bits per heavy atom. The van der Waals surface area contributed by atoms with Crippen LogP contribution in [0.1, 0.15) is 21.5 Å². The summed E-state index contributed by atoms with van der Waals surface area (Å²) in [6.45, 7) is 0.549. The van der Waals surface area contributed by atoms with E-state index in [1.807, 2.05) is 30.3 Å². The Kier molecular flexibility index (Phi) is 5.41. The summed E-state index contributed by atoms with van der Waals surface area (Å²) in [6.07, 6.45) is 1.64. The lowest BCUT2D eigenvalue weighted by molar-refractivity contribution is -0.384. The van der Waals surface area contributed by atoms with Crippen molar-refractivity contribution in [3.63, 3.8) is 0 Å². The van der Waals surface area contributed by atoms with Crippen LogP contribution in [0, 0.1) is 10.1 Å². The van der Waals surface area contributed by atoms with Crippen LogP contribution in [0.2, 0.25) is 0 Å². The highest BCUT2D eigenvalue weighted by atomic mass is 16.6. The van der Waals surface area contributed by atoms with Gasteiger partial charge in [-0.1, -0.05) is 42.5 Å². The number of pyridine rings is 1. The van der Waals surface area contributed by atoms with E-state index in [9.17, 15) is 19.7 Å². The number of nitrogens with zero attached hydrogens (tertiary/aromatic N) is 2. The Morgan fingerprint density at radius 3 is 2.33 bits per heavy atom. The second-order valence-corrected chi connectivity index (χ2v) is 5.95. The van der Waals surface area contributed by atoms with E-state index < -0.39 is 10.8 Å². The zero-order chi connectivity index (χ0) is 19.2. The fraction of sp³-hybridized carbons (Fsp3) is 0.100. The Labute approximate surface area is 155 Å². The molecule has 1 aromatic heterocycles. The van der Waals surface area contributed by atoms with Crippen LogP contribution in [0.25, 0.3) is 0 Å². The van der Waals surface area contributed by atoms with Gasteiger partial charge in [0, 0.05) is 24.9 Å². The molecule has 27 heavy (non-hydrogen) atoms. The molecule has 136 valence electrons. The first kappa shape index (κ1) is 18.1. The average molecular weight is 363 g/mol. The third-order valence-corrected chi connectivity index (χ3v) is 4.06. The minimum absolute atomic E-state index is 0.0167. The monoisotopic (exact) mass is 363 g/mol. The van der Waals surface area contributed by atoms with E-state index in [-0.39, 0.29) is 23.4 Å². The normalized spacial score (nSPS) is 10.4. The van der Waals surface area contributed by atoms with Crippen molar-refractivity contribution in [1.29, 1.82) is 0 Å². The highest BCUT2D eigenvalue weighted by Gasteiger charge is 2.12. The third kappa shape index (κ3) is 4.46. The summed E-state index contributed by atoms with van der Waals surface area (Å²) in [7, 11) is 0. The number of carbonyl (C=O) groups excluding carboxylic acids is 1. The van der Waals surface area contributed by atoms with Gasteiger partial charge < -0.3 is 9.88 Å². The Morgan fingerprint density at radius 2 is 1.67 bits per heavy atom. The van der Waals surface area contributed by atoms with Crippen LogP contribution >= 0.6 is 0 Å². The molecule has 7 heteroatoms. The predicted octanol–water partition coefficient (Wildman–Crippen LogP) is 2.73. The summed E-state index contributed by atoms with van der Waals surface area (Å²) < 4.78 is 1.48. The fourth-order valence-electron chi connectivity index (χ4n) is 2.63. The quantitative estimate of drug-likeness (QED) is 0.538. The van der Waals surface area contributed by atoms with Crippen LogP contribution in [0.15, 0.2) is 77.7 Å². The molecule has 0 atom stereocenters. The molecule has 0 aliphatic heterocycles. The minimum Gasteiger partial charge on any atom is -0.348 e. The van der Waals surface area contributed by atoms with Gasteiger partial charge >= 0.3 is 0 Å². The second-order valence-electron chi connectivity index (χ2n) is 5.95. The molecular weight excluding hydrogens is 346 g/mol. The van der Waals surface area contributed by atoms with E-state index in [2.05, 4.69) is 5.32 Å². The van der Waals surface area contributed by atoms with Crippen molar-refractivity contribution in [2.75, 3.05) is 0 Å². The average Bonchev–Trinajstić information content (AvgIpc) is 2.69. The minimum atomic E-state index is -0.485. The maximum Gasteiger partial charge on any atom is 0.269 e. The van der Waals surface area contributed by atoms with Crippen molar-refractivity contribution >= 4 is 11.6 Å². The van der Waals surface area contributed by atoms with Gasteiger partial charge in [-0.05, 0) is 23.3 Å². The number of hydrogen-bond acceptors (Lipinski definition) is 4. The number of non-ortho nitro benzene ring substituents is 1. The number of aromatic nitrogens is 1. The van der Waals surface area contributed by atoms with Gasteiger partial charge in [0.15, 0.2) is 0 Å². The summed E-state index contributed by atoms with van der Waals surface area (Å²) in [4.78, 5) is 35.1. The molecule has 1 heterocycles. The molecule has 0 unspecified atom stereocenters. The number of rotatable bonds is 6. The molecule has 0 fully saturated rings. The smallest absolute Gasteiger partial charge is 0.269 e. The summed E-state index contributed by atoms with van der Waals surface area (Å²) >= 11 is 0. The van der Waals surface area contributed by atoms with Crippen molar-refractivity contribution in [3.8, 4) is 0 Å². The van der Waals surface area contributed by atoms with Crippen molar-refractivity contribution in [3.05, 3.63) is 110 Å². The highest BCUT2D eigenvalue weighted by Crippen LogP contribution is 2.11. The van der Waals surface area contributed by atoms with Crippen LogP contribution in [0.5, 0.6) is 0 Å². The second kappa shape index (κ2) is 8.09. The first-order valence-electron chi connectivity index (χ1n) is 8.29. The summed E-state index contributed by atoms with van der Waals surface area (Å²) in [5.74, 6) is -0.485. The van der Waals surface area contributed by atoms with E-state index in [0.717, 1.165) is 5.56 Å². The van der Waals surface area contributed by atoms with Gasteiger partial charge in [0.05, 0.1) is 11.5 Å². The van der Waals surface area contributed by atoms with Gasteiger partial charge in [-0.25, -0.2) is 0 Å². The molecule has 0 aliphatic rings.